The Morgan fingerprint density at radius 1 is 1.44 bits per heavy atom. The summed E-state index contributed by atoms with van der Waals surface area (Å²) in [4.78, 5) is 32.6. The first-order valence-corrected chi connectivity index (χ1v) is 9.16. The van der Waals surface area contributed by atoms with E-state index in [4.69, 9.17) is 21.1 Å². The van der Waals surface area contributed by atoms with Crippen molar-refractivity contribution in [3.63, 3.8) is 0 Å². The van der Waals surface area contributed by atoms with Gasteiger partial charge in [-0.25, -0.2) is 9.78 Å². The molecule has 3 heterocycles. The van der Waals surface area contributed by atoms with Crippen LogP contribution in [0, 0.1) is 6.92 Å². The van der Waals surface area contributed by atoms with E-state index in [9.17, 15) is 9.59 Å². The molecule has 0 aliphatic carbocycles. The van der Waals surface area contributed by atoms with Crippen LogP contribution in [0.25, 0.3) is 21.3 Å². The molecule has 3 aromatic heterocycles. The predicted molar refractivity (Wildman–Crippen MR) is 104 cm³/mol. The Bertz CT molecular complexity index is 1080. The first kappa shape index (κ1) is 19.3. The fourth-order valence-electron chi connectivity index (χ4n) is 2.46. The van der Waals surface area contributed by atoms with Crippen LogP contribution in [0.3, 0.4) is 0 Å². The summed E-state index contributed by atoms with van der Waals surface area (Å²) in [5.74, 6) is -0.288. The summed E-state index contributed by atoms with van der Waals surface area (Å²) in [6.07, 6.45) is 5.07. The Kier molecular flexibility index (Phi) is 5.73. The van der Waals surface area contributed by atoms with Gasteiger partial charge in [-0.1, -0.05) is 11.6 Å². The Morgan fingerprint density at radius 2 is 2.22 bits per heavy atom. The molecule has 3 aromatic rings. The number of rotatable bonds is 6. The van der Waals surface area contributed by atoms with Crippen LogP contribution in [-0.2, 0) is 16.5 Å². The molecule has 3 rings (SSSR count). The van der Waals surface area contributed by atoms with E-state index in [0.717, 1.165) is 16.9 Å². The average molecular weight is 409 g/mol. The Labute approximate surface area is 163 Å². The van der Waals surface area contributed by atoms with Crippen molar-refractivity contribution in [1.29, 1.82) is 0 Å². The van der Waals surface area contributed by atoms with Gasteiger partial charge in [0.25, 0.3) is 5.56 Å². The van der Waals surface area contributed by atoms with Gasteiger partial charge in [-0.05, 0) is 18.6 Å². The number of carbonyl (C=O) groups excluding carboxylic acids is 1. The highest BCUT2D eigenvalue weighted by molar-refractivity contribution is 7.20. The molecule has 0 amide bonds. The van der Waals surface area contributed by atoms with Crippen LogP contribution in [0.2, 0.25) is 0 Å². The maximum absolute atomic E-state index is 12.5. The molecule has 0 radical (unpaired) electrons. The normalized spacial score (nSPS) is 11.9. The van der Waals surface area contributed by atoms with Crippen LogP contribution in [-0.4, -0.2) is 46.0 Å². The minimum Gasteiger partial charge on any atom is -0.459 e. The van der Waals surface area contributed by atoms with Gasteiger partial charge in [0.05, 0.1) is 23.2 Å². The number of halogens is 1. The average Bonchev–Trinajstić information content (AvgIpc) is 3.18. The zero-order chi connectivity index (χ0) is 19.6. The van der Waals surface area contributed by atoms with Crippen LogP contribution in [0.1, 0.15) is 26.6 Å². The first-order chi connectivity index (χ1) is 12.9. The van der Waals surface area contributed by atoms with E-state index in [1.807, 2.05) is 0 Å². The summed E-state index contributed by atoms with van der Waals surface area (Å²) in [5, 5.41) is 4.67. The number of aromatic amines is 1. The Morgan fingerprint density at radius 3 is 2.89 bits per heavy atom. The van der Waals surface area contributed by atoms with Gasteiger partial charge in [0.15, 0.2) is 5.82 Å². The molecule has 8 nitrogen and oxygen atoms in total. The number of thiophene rings is 1. The number of esters is 1. The lowest BCUT2D eigenvalue weighted by molar-refractivity contribution is 0.0393. The quantitative estimate of drug-likeness (QED) is 0.497. The second-order valence-electron chi connectivity index (χ2n) is 5.72. The number of methoxy groups -OCH3 is 1. The fraction of sp³-hybridized carbons (Fsp3) is 0.294. The highest BCUT2D eigenvalue weighted by atomic mass is 35.5. The first-order valence-electron chi connectivity index (χ1n) is 7.96. The van der Waals surface area contributed by atoms with E-state index in [0.29, 0.717) is 27.3 Å². The second-order valence-corrected chi connectivity index (χ2v) is 7.13. The number of nitrogens with one attached hydrogen (secondary N) is 1. The summed E-state index contributed by atoms with van der Waals surface area (Å²) in [5.41, 5.74) is 0.942. The molecule has 0 atom stereocenters. The third kappa shape index (κ3) is 4.10. The van der Waals surface area contributed by atoms with E-state index >= 15 is 0 Å². The SMILES string of the molecule is COCCOC(=O)c1sc2nc(/C(Cl)=C/c3cnn(C)c3)[nH]c(=O)c2c1C. The van der Waals surface area contributed by atoms with Crippen molar-refractivity contribution in [2.75, 3.05) is 20.3 Å². The van der Waals surface area contributed by atoms with Crippen molar-refractivity contribution in [3.8, 4) is 0 Å². The number of hydrogen-bond acceptors (Lipinski definition) is 7. The molecule has 0 spiro atoms. The van der Waals surface area contributed by atoms with Crippen LogP contribution in [0.5, 0.6) is 0 Å². The van der Waals surface area contributed by atoms with Gasteiger partial charge in [-0.2, -0.15) is 5.10 Å². The van der Waals surface area contributed by atoms with Crippen molar-refractivity contribution in [3.05, 3.63) is 44.6 Å². The monoisotopic (exact) mass is 408 g/mol. The molecule has 0 bridgehead atoms. The number of nitrogens with zero attached hydrogens (tertiary/aromatic N) is 3. The van der Waals surface area contributed by atoms with Gasteiger partial charge in [0, 0.05) is 25.9 Å². The lowest BCUT2D eigenvalue weighted by atomic mass is 10.2. The Balaban J connectivity index is 1.98. The smallest absolute Gasteiger partial charge is 0.348 e. The lowest BCUT2D eigenvalue weighted by Gasteiger charge is -2.02. The predicted octanol–water partition coefficient (Wildman–Crippen LogP) is 2.57. The number of hydrogen-bond donors (Lipinski definition) is 1. The maximum Gasteiger partial charge on any atom is 0.348 e. The molecule has 0 aliphatic rings. The lowest BCUT2D eigenvalue weighted by Crippen LogP contribution is -2.11. The van der Waals surface area contributed by atoms with Gasteiger partial charge in [-0.15, -0.1) is 11.3 Å². The van der Waals surface area contributed by atoms with Crippen molar-refractivity contribution in [2.45, 2.75) is 6.92 Å². The molecule has 0 aromatic carbocycles. The van der Waals surface area contributed by atoms with Crippen molar-refractivity contribution < 1.29 is 14.3 Å². The second kappa shape index (κ2) is 8.03. The Hall–Kier alpha value is -2.49. The van der Waals surface area contributed by atoms with Gasteiger partial charge < -0.3 is 14.5 Å². The number of aromatic nitrogens is 4. The number of ether oxygens (including phenoxy) is 2. The topological polar surface area (TPSA) is 99.1 Å². The number of fused-ring (bicyclic) bond motifs is 1. The van der Waals surface area contributed by atoms with Crippen LogP contribution in [0.15, 0.2) is 17.2 Å². The number of H-pyrrole nitrogens is 1. The standard InChI is InChI=1S/C17H17ClN4O4S/c1-9-12-15(23)20-14(11(18)6-10-7-19-22(2)8-10)21-16(12)27-13(9)17(24)26-5-4-25-3/h6-8H,4-5H2,1-3H3,(H,20,21,23)/b11-6-. The van der Waals surface area contributed by atoms with E-state index in [1.165, 1.54) is 7.11 Å². The molecule has 0 unspecified atom stereocenters. The molecule has 0 fully saturated rings. The van der Waals surface area contributed by atoms with Crippen LogP contribution < -0.4 is 5.56 Å². The zero-order valence-corrected chi connectivity index (χ0v) is 16.5. The third-order valence-electron chi connectivity index (χ3n) is 3.75. The van der Waals surface area contributed by atoms with Crippen molar-refractivity contribution >= 4 is 50.2 Å². The summed E-state index contributed by atoms with van der Waals surface area (Å²) < 4.78 is 11.6. The molecule has 142 valence electrons. The zero-order valence-electron chi connectivity index (χ0n) is 14.9. The van der Waals surface area contributed by atoms with E-state index in [1.54, 1.807) is 37.1 Å². The molecular weight excluding hydrogens is 392 g/mol. The third-order valence-corrected chi connectivity index (χ3v) is 5.20. The van der Waals surface area contributed by atoms with Crippen LogP contribution in [0.4, 0.5) is 0 Å². The number of aryl methyl sites for hydroxylation is 2. The van der Waals surface area contributed by atoms with Gasteiger partial charge >= 0.3 is 5.97 Å². The van der Waals surface area contributed by atoms with Gasteiger partial charge in [0.2, 0.25) is 0 Å². The fourth-order valence-corrected chi connectivity index (χ4v) is 3.76. The highest BCUT2D eigenvalue weighted by Crippen LogP contribution is 2.29. The highest BCUT2D eigenvalue weighted by Gasteiger charge is 2.21. The van der Waals surface area contributed by atoms with Crippen LogP contribution >= 0.6 is 22.9 Å². The van der Waals surface area contributed by atoms with Gasteiger partial charge in [-0.3, -0.25) is 9.48 Å². The minimum atomic E-state index is -0.509. The molecule has 0 aliphatic heterocycles. The molecule has 0 saturated carbocycles. The van der Waals surface area contributed by atoms with E-state index < -0.39 is 5.97 Å². The largest absolute Gasteiger partial charge is 0.459 e. The van der Waals surface area contributed by atoms with Gasteiger partial charge in [0.1, 0.15) is 16.3 Å². The number of carbonyl (C=O) groups is 1. The molecule has 27 heavy (non-hydrogen) atoms. The van der Waals surface area contributed by atoms with E-state index in [2.05, 4.69) is 15.1 Å². The maximum atomic E-state index is 12.5. The summed E-state index contributed by atoms with van der Waals surface area (Å²) >= 11 is 7.40. The summed E-state index contributed by atoms with van der Waals surface area (Å²) in [7, 11) is 3.31. The van der Waals surface area contributed by atoms with Crippen molar-refractivity contribution in [1.82, 2.24) is 19.7 Å². The molecule has 1 N–H and O–H groups in total. The summed E-state index contributed by atoms with van der Waals surface area (Å²) in [6, 6.07) is 0. The molecule has 0 saturated heterocycles. The summed E-state index contributed by atoms with van der Waals surface area (Å²) in [6.45, 7) is 2.13. The minimum absolute atomic E-state index is 0.137. The molecular formula is C17H17ClN4O4S. The molecule has 10 heteroatoms. The van der Waals surface area contributed by atoms with Crippen molar-refractivity contribution in [2.24, 2.45) is 7.05 Å². The van der Waals surface area contributed by atoms with E-state index in [-0.39, 0.29) is 23.0 Å².